The number of benzene rings is 1. The number of carbonyl (C=O) groups is 2. The van der Waals surface area contributed by atoms with E-state index in [4.69, 9.17) is 0 Å². The number of anilines is 1. The number of piperidine rings is 1. The molecule has 1 aromatic carbocycles. The summed E-state index contributed by atoms with van der Waals surface area (Å²) >= 11 is 0. The molecule has 3 rings (SSSR count). The smallest absolute Gasteiger partial charge is 0.238 e. The van der Waals surface area contributed by atoms with Crippen molar-refractivity contribution in [3.8, 4) is 0 Å². The van der Waals surface area contributed by atoms with Gasteiger partial charge in [-0.1, -0.05) is 0 Å². The van der Waals surface area contributed by atoms with Crippen molar-refractivity contribution in [1.82, 2.24) is 10.2 Å². The summed E-state index contributed by atoms with van der Waals surface area (Å²) in [6.07, 6.45) is 3.59. The molecule has 0 aromatic heterocycles. The zero-order valence-electron chi connectivity index (χ0n) is 13.4. The van der Waals surface area contributed by atoms with E-state index in [0.29, 0.717) is 13.1 Å². The Hall–Kier alpha value is -2.02. The molecule has 0 spiro atoms. The van der Waals surface area contributed by atoms with Crippen molar-refractivity contribution in [2.75, 3.05) is 25.0 Å². The van der Waals surface area contributed by atoms with Crippen molar-refractivity contribution in [2.45, 2.75) is 31.7 Å². The van der Waals surface area contributed by atoms with Crippen LogP contribution in [0.15, 0.2) is 18.2 Å². The Kier molecular flexibility index (Phi) is 5.08. The van der Waals surface area contributed by atoms with Crippen LogP contribution < -0.4 is 10.6 Å². The first-order valence-corrected chi connectivity index (χ1v) is 8.29. The van der Waals surface area contributed by atoms with Crippen molar-refractivity contribution >= 4 is 17.5 Å². The third-order valence-electron chi connectivity index (χ3n) is 4.45. The van der Waals surface area contributed by atoms with Crippen LogP contribution in [0.1, 0.15) is 25.7 Å². The Morgan fingerprint density at radius 3 is 2.46 bits per heavy atom. The van der Waals surface area contributed by atoms with E-state index in [1.165, 1.54) is 6.07 Å². The third-order valence-corrected chi connectivity index (χ3v) is 4.45. The number of nitrogens with one attached hydrogen (secondary N) is 2. The zero-order chi connectivity index (χ0) is 17.1. The first kappa shape index (κ1) is 16.8. The quantitative estimate of drug-likeness (QED) is 0.863. The average molecular weight is 337 g/mol. The number of halogens is 2. The molecular weight excluding hydrogens is 316 g/mol. The standard InChI is InChI=1S/C17H21F2N3O2/c18-12-3-4-15(14(19)9-12)21-16(23)10-22-7-5-13(6-8-22)20-17(24)11-1-2-11/h3-4,9,11,13H,1-2,5-8,10H2,(H,20,24)(H,21,23). The number of hydrogen-bond acceptors (Lipinski definition) is 3. The Morgan fingerprint density at radius 2 is 1.83 bits per heavy atom. The van der Waals surface area contributed by atoms with Gasteiger partial charge in [-0.05, 0) is 37.8 Å². The Balaban J connectivity index is 1.42. The van der Waals surface area contributed by atoms with Crippen molar-refractivity contribution in [2.24, 2.45) is 5.92 Å². The molecular formula is C17H21F2N3O2. The molecule has 0 bridgehead atoms. The number of amides is 2. The van der Waals surface area contributed by atoms with Gasteiger partial charge < -0.3 is 10.6 Å². The molecule has 5 nitrogen and oxygen atoms in total. The highest BCUT2D eigenvalue weighted by Crippen LogP contribution is 2.29. The van der Waals surface area contributed by atoms with Crippen LogP contribution in [0.3, 0.4) is 0 Å². The number of carbonyl (C=O) groups excluding carboxylic acids is 2. The lowest BCUT2D eigenvalue weighted by molar-refractivity contribution is -0.123. The first-order chi connectivity index (χ1) is 11.5. The monoisotopic (exact) mass is 337 g/mol. The second-order valence-corrected chi connectivity index (χ2v) is 6.51. The molecule has 130 valence electrons. The summed E-state index contributed by atoms with van der Waals surface area (Å²) in [5.41, 5.74) is -0.0204. The van der Waals surface area contributed by atoms with Crippen LogP contribution in [0.2, 0.25) is 0 Å². The van der Waals surface area contributed by atoms with Crippen LogP contribution in [0.25, 0.3) is 0 Å². The summed E-state index contributed by atoms with van der Waals surface area (Å²) in [6.45, 7) is 1.56. The summed E-state index contributed by atoms with van der Waals surface area (Å²) in [6, 6.07) is 3.23. The molecule has 24 heavy (non-hydrogen) atoms. The Labute approximate surface area is 139 Å². The SMILES string of the molecule is O=C(CN1CCC(NC(=O)C2CC2)CC1)Nc1ccc(F)cc1F. The largest absolute Gasteiger partial charge is 0.353 e. The van der Waals surface area contributed by atoms with Gasteiger partial charge in [-0.25, -0.2) is 8.78 Å². The minimum absolute atomic E-state index is 0.0204. The van der Waals surface area contributed by atoms with Gasteiger partial charge >= 0.3 is 0 Å². The maximum Gasteiger partial charge on any atom is 0.238 e. The van der Waals surface area contributed by atoms with Gasteiger partial charge in [0.1, 0.15) is 11.6 Å². The van der Waals surface area contributed by atoms with E-state index in [0.717, 1.165) is 37.8 Å². The number of hydrogen-bond donors (Lipinski definition) is 2. The van der Waals surface area contributed by atoms with Crippen LogP contribution in [0.5, 0.6) is 0 Å². The highest BCUT2D eigenvalue weighted by Gasteiger charge is 2.31. The predicted molar refractivity (Wildman–Crippen MR) is 85.3 cm³/mol. The zero-order valence-corrected chi connectivity index (χ0v) is 13.4. The lowest BCUT2D eigenvalue weighted by Gasteiger charge is -2.31. The molecule has 1 aliphatic carbocycles. The molecule has 0 atom stereocenters. The number of rotatable bonds is 5. The molecule has 0 radical (unpaired) electrons. The highest BCUT2D eigenvalue weighted by molar-refractivity contribution is 5.92. The van der Waals surface area contributed by atoms with Gasteiger partial charge in [-0.2, -0.15) is 0 Å². The molecule has 2 aliphatic rings. The molecule has 1 heterocycles. The van der Waals surface area contributed by atoms with Gasteiger partial charge in [0, 0.05) is 31.1 Å². The van der Waals surface area contributed by atoms with E-state index in [-0.39, 0.29) is 36.0 Å². The Bertz CT molecular complexity index is 626. The highest BCUT2D eigenvalue weighted by atomic mass is 19.1. The second-order valence-electron chi connectivity index (χ2n) is 6.51. The van der Waals surface area contributed by atoms with Gasteiger partial charge in [0.2, 0.25) is 11.8 Å². The lowest BCUT2D eigenvalue weighted by Crippen LogP contribution is -2.46. The molecule has 7 heteroatoms. The molecule has 1 aromatic rings. The van der Waals surface area contributed by atoms with E-state index >= 15 is 0 Å². The van der Waals surface area contributed by atoms with Gasteiger partial charge in [-0.15, -0.1) is 0 Å². The normalized spacial score (nSPS) is 19.1. The molecule has 1 saturated carbocycles. The van der Waals surface area contributed by atoms with Gasteiger partial charge in [0.25, 0.3) is 0 Å². The fourth-order valence-electron chi connectivity index (χ4n) is 2.88. The van der Waals surface area contributed by atoms with Crippen molar-refractivity contribution < 1.29 is 18.4 Å². The fraction of sp³-hybridized carbons (Fsp3) is 0.529. The van der Waals surface area contributed by atoms with E-state index in [1.807, 2.05) is 4.90 Å². The van der Waals surface area contributed by atoms with Crippen molar-refractivity contribution in [3.05, 3.63) is 29.8 Å². The summed E-state index contributed by atoms with van der Waals surface area (Å²) < 4.78 is 26.4. The maximum atomic E-state index is 13.5. The fourth-order valence-corrected chi connectivity index (χ4v) is 2.88. The second kappa shape index (κ2) is 7.25. The molecule has 1 aliphatic heterocycles. The van der Waals surface area contributed by atoms with Crippen LogP contribution >= 0.6 is 0 Å². The van der Waals surface area contributed by atoms with E-state index < -0.39 is 11.6 Å². The van der Waals surface area contributed by atoms with Crippen LogP contribution in [-0.4, -0.2) is 42.4 Å². The summed E-state index contributed by atoms with van der Waals surface area (Å²) in [4.78, 5) is 25.7. The summed E-state index contributed by atoms with van der Waals surface area (Å²) in [5, 5.41) is 5.52. The van der Waals surface area contributed by atoms with Crippen molar-refractivity contribution in [3.63, 3.8) is 0 Å². The minimum atomic E-state index is -0.787. The van der Waals surface area contributed by atoms with Crippen LogP contribution in [0, 0.1) is 17.6 Å². The summed E-state index contributed by atoms with van der Waals surface area (Å²) in [5.74, 6) is -1.44. The number of nitrogens with zero attached hydrogens (tertiary/aromatic N) is 1. The van der Waals surface area contributed by atoms with E-state index in [9.17, 15) is 18.4 Å². The summed E-state index contributed by atoms with van der Waals surface area (Å²) in [7, 11) is 0. The van der Waals surface area contributed by atoms with Gasteiger partial charge in [0.15, 0.2) is 0 Å². The molecule has 0 unspecified atom stereocenters. The topological polar surface area (TPSA) is 61.4 Å². The first-order valence-electron chi connectivity index (χ1n) is 8.29. The average Bonchev–Trinajstić information content (AvgIpc) is 3.37. The van der Waals surface area contributed by atoms with Gasteiger partial charge in [0.05, 0.1) is 12.2 Å². The number of likely N-dealkylation sites (tertiary alicyclic amines) is 1. The van der Waals surface area contributed by atoms with E-state index in [2.05, 4.69) is 10.6 Å². The van der Waals surface area contributed by atoms with E-state index in [1.54, 1.807) is 0 Å². The molecule has 2 amide bonds. The lowest BCUT2D eigenvalue weighted by atomic mass is 10.0. The van der Waals surface area contributed by atoms with Crippen LogP contribution in [-0.2, 0) is 9.59 Å². The van der Waals surface area contributed by atoms with Crippen LogP contribution in [0.4, 0.5) is 14.5 Å². The third kappa shape index (κ3) is 4.50. The minimum Gasteiger partial charge on any atom is -0.353 e. The maximum absolute atomic E-state index is 13.5. The Morgan fingerprint density at radius 1 is 1.12 bits per heavy atom. The molecule has 2 fully saturated rings. The predicted octanol–water partition coefficient (Wildman–Crippen LogP) is 1.89. The molecule has 1 saturated heterocycles. The van der Waals surface area contributed by atoms with Gasteiger partial charge in [-0.3, -0.25) is 14.5 Å². The molecule has 2 N–H and O–H groups in total. The van der Waals surface area contributed by atoms with Crippen molar-refractivity contribution in [1.29, 1.82) is 0 Å².